The second kappa shape index (κ2) is 8.07. The van der Waals surface area contributed by atoms with E-state index in [0.29, 0.717) is 12.1 Å². The minimum atomic E-state index is 0.00814. The normalized spacial score (nSPS) is 22.2. The molecule has 6 heteroatoms. The van der Waals surface area contributed by atoms with Gasteiger partial charge in [0.05, 0.1) is 0 Å². The standard InChI is InChI=1S/C21H27N3O2S/c1-14(25)27-12-10-22-16-5-7-17(8-6-16)24-11-9-15-13-23-21(26)18-3-2-4-19(24)20(15)18/h2-4,13,16-17,22H,5-12H2,1H3,(H,23,26). The first-order valence-electron chi connectivity index (χ1n) is 9.90. The molecule has 2 heterocycles. The molecule has 1 fully saturated rings. The van der Waals surface area contributed by atoms with E-state index in [4.69, 9.17) is 0 Å². The van der Waals surface area contributed by atoms with Crippen LogP contribution in [0.5, 0.6) is 0 Å². The number of rotatable bonds is 5. The van der Waals surface area contributed by atoms with E-state index in [9.17, 15) is 9.59 Å². The summed E-state index contributed by atoms with van der Waals surface area (Å²) in [6.07, 6.45) is 7.57. The van der Waals surface area contributed by atoms with Crippen LogP contribution in [-0.2, 0) is 11.2 Å². The zero-order valence-electron chi connectivity index (χ0n) is 15.8. The Balaban J connectivity index is 1.42. The number of nitrogens with one attached hydrogen (secondary N) is 2. The van der Waals surface area contributed by atoms with E-state index in [1.54, 1.807) is 6.92 Å². The average molecular weight is 386 g/mol. The number of benzene rings is 1. The summed E-state index contributed by atoms with van der Waals surface area (Å²) in [5.41, 5.74) is 2.50. The van der Waals surface area contributed by atoms with Gasteiger partial charge in [-0.25, -0.2) is 0 Å². The number of pyridine rings is 1. The van der Waals surface area contributed by atoms with Crippen molar-refractivity contribution in [3.63, 3.8) is 0 Å². The van der Waals surface area contributed by atoms with Gasteiger partial charge in [0.25, 0.3) is 5.56 Å². The number of nitrogens with zero attached hydrogens (tertiary/aromatic N) is 1. The molecule has 0 atom stereocenters. The van der Waals surface area contributed by atoms with Crippen LogP contribution in [0.15, 0.2) is 29.2 Å². The van der Waals surface area contributed by atoms with Crippen molar-refractivity contribution in [1.82, 2.24) is 10.3 Å². The van der Waals surface area contributed by atoms with Crippen LogP contribution in [0, 0.1) is 0 Å². The number of hydrogen-bond donors (Lipinski definition) is 2. The van der Waals surface area contributed by atoms with Crippen molar-refractivity contribution < 1.29 is 4.79 Å². The third kappa shape index (κ3) is 3.92. The Morgan fingerprint density at radius 2 is 2.11 bits per heavy atom. The monoisotopic (exact) mass is 385 g/mol. The van der Waals surface area contributed by atoms with Gasteiger partial charge in [0.15, 0.2) is 5.12 Å². The van der Waals surface area contributed by atoms with Gasteiger partial charge in [-0.05, 0) is 49.8 Å². The summed E-state index contributed by atoms with van der Waals surface area (Å²) in [7, 11) is 0. The fourth-order valence-corrected chi connectivity index (χ4v) is 5.10. The lowest BCUT2D eigenvalue weighted by Gasteiger charge is -2.41. The van der Waals surface area contributed by atoms with Gasteiger partial charge in [0, 0.05) is 60.5 Å². The van der Waals surface area contributed by atoms with Crippen molar-refractivity contribution >= 4 is 33.3 Å². The highest BCUT2D eigenvalue weighted by Gasteiger charge is 2.29. The summed E-state index contributed by atoms with van der Waals surface area (Å²) in [6.45, 7) is 3.55. The molecule has 2 N–H and O–H groups in total. The Morgan fingerprint density at radius 1 is 1.30 bits per heavy atom. The zero-order valence-corrected chi connectivity index (χ0v) is 16.6. The molecule has 0 saturated heterocycles. The predicted molar refractivity (Wildman–Crippen MR) is 113 cm³/mol. The van der Waals surface area contributed by atoms with E-state index in [-0.39, 0.29) is 10.7 Å². The molecule has 1 aromatic carbocycles. The van der Waals surface area contributed by atoms with Gasteiger partial charge in [0.1, 0.15) is 0 Å². The number of aromatic nitrogens is 1. The molecule has 27 heavy (non-hydrogen) atoms. The number of carbonyl (C=O) groups excluding carboxylic acids is 1. The van der Waals surface area contributed by atoms with Crippen molar-refractivity contribution in [1.29, 1.82) is 0 Å². The Kier molecular flexibility index (Phi) is 5.55. The van der Waals surface area contributed by atoms with Gasteiger partial charge in [-0.3, -0.25) is 9.59 Å². The lowest BCUT2D eigenvalue weighted by Crippen LogP contribution is -2.45. The number of aromatic amines is 1. The van der Waals surface area contributed by atoms with Crippen molar-refractivity contribution in [2.24, 2.45) is 0 Å². The topological polar surface area (TPSA) is 65.2 Å². The van der Waals surface area contributed by atoms with Crippen LogP contribution >= 0.6 is 11.8 Å². The first kappa shape index (κ1) is 18.6. The van der Waals surface area contributed by atoms with Crippen LogP contribution in [0.2, 0.25) is 0 Å². The molecule has 144 valence electrons. The summed E-state index contributed by atoms with van der Waals surface area (Å²) < 4.78 is 0. The number of anilines is 1. The van der Waals surface area contributed by atoms with Gasteiger partial charge in [-0.2, -0.15) is 0 Å². The summed E-state index contributed by atoms with van der Waals surface area (Å²) in [5, 5.41) is 5.76. The lowest BCUT2D eigenvalue weighted by molar-refractivity contribution is -0.109. The highest BCUT2D eigenvalue weighted by atomic mass is 32.2. The second-order valence-corrected chi connectivity index (χ2v) is 8.86. The van der Waals surface area contributed by atoms with Crippen LogP contribution in [0.4, 0.5) is 5.69 Å². The molecule has 1 aliphatic heterocycles. The number of hydrogen-bond acceptors (Lipinski definition) is 5. The first-order valence-corrected chi connectivity index (χ1v) is 10.9. The smallest absolute Gasteiger partial charge is 0.255 e. The van der Waals surface area contributed by atoms with Gasteiger partial charge >= 0.3 is 0 Å². The Hall–Kier alpha value is -1.79. The fourth-order valence-electron chi connectivity index (χ4n) is 4.60. The molecular formula is C21H27N3O2S. The molecule has 2 aromatic rings. The molecular weight excluding hydrogens is 358 g/mol. The highest BCUT2D eigenvalue weighted by Crippen LogP contribution is 2.36. The largest absolute Gasteiger partial charge is 0.368 e. The predicted octanol–water partition coefficient (Wildman–Crippen LogP) is 3.07. The van der Waals surface area contributed by atoms with E-state index in [1.807, 2.05) is 18.3 Å². The minimum Gasteiger partial charge on any atom is -0.368 e. The molecule has 1 aromatic heterocycles. The fraction of sp³-hybridized carbons (Fsp3) is 0.524. The van der Waals surface area contributed by atoms with Crippen LogP contribution in [0.3, 0.4) is 0 Å². The zero-order chi connectivity index (χ0) is 18.8. The molecule has 4 rings (SSSR count). The quantitative estimate of drug-likeness (QED) is 0.775. The SMILES string of the molecule is CC(=O)SCCNC1CCC(N2CCc3c[nH]c(=O)c4cccc2c34)CC1. The molecule has 2 aliphatic rings. The number of H-pyrrole nitrogens is 1. The number of carbonyl (C=O) groups is 1. The van der Waals surface area contributed by atoms with E-state index in [1.165, 1.54) is 48.7 Å². The van der Waals surface area contributed by atoms with Gasteiger partial charge in [-0.1, -0.05) is 17.8 Å². The van der Waals surface area contributed by atoms with E-state index < -0.39 is 0 Å². The maximum atomic E-state index is 12.2. The van der Waals surface area contributed by atoms with Gasteiger partial charge < -0.3 is 15.2 Å². The van der Waals surface area contributed by atoms with Crippen molar-refractivity contribution in [3.05, 3.63) is 40.3 Å². The third-order valence-corrected chi connectivity index (χ3v) is 6.71. The Labute approximate surface area is 163 Å². The summed E-state index contributed by atoms with van der Waals surface area (Å²) in [4.78, 5) is 28.6. The summed E-state index contributed by atoms with van der Waals surface area (Å²) in [6, 6.07) is 7.23. The maximum absolute atomic E-state index is 12.2. The molecule has 1 saturated carbocycles. The van der Waals surface area contributed by atoms with Crippen LogP contribution in [0.1, 0.15) is 38.2 Å². The summed E-state index contributed by atoms with van der Waals surface area (Å²) in [5.74, 6) is 0.856. The number of thioether (sulfide) groups is 1. The van der Waals surface area contributed by atoms with Crippen LogP contribution in [0.25, 0.3) is 10.8 Å². The third-order valence-electron chi connectivity index (χ3n) is 5.90. The van der Waals surface area contributed by atoms with Gasteiger partial charge in [-0.15, -0.1) is 0 Å². The molecule has 0 spiro atoms. The Morgan fingerprint density at radius 3 is 2.89 bits per heavy atom. The van der Waals surface area contributed by atoms with E-state index >= 15 is 0 Å². The van der Waals surface area contributed by atoms with Crippen molar-refractivity contribution in [2.45, 2.75) is 51.1 Å². The van der Waals surface area contributed by atoms with Crippen molar-refractivity contribution in [2.75, 3.05) is 23.7 Å². The molecule has 0 amide bonds. The van der Waals surface area contributed by atoms with Crippen LogP contribution < -0.4 is 15.8 Å². The van der Waals surface area contributed by atoms with Crippen molar-refractivity contribution in [3.8, 4) is 0 Å². The molecule has 0 bridgehead atoms. The van der Waals surface area contributed by atoms with E-state index in [0.717, 1.165) is 36.0 Å². The van der Waals surface area contributed by atoms with E-state index in [2.05, 4.69) is 21.3 Å². The molecule has 0 unspecified atom stereocenters. The maximum Gasteiger partial charge on any atom is 0.255 e. The molecule has 0 radical (unpaired) electrons. The van der Waals surface area contributed by atoms with Gasteiger partial charge in [0.2, 0.25) is 0 Å². The first-order chi connectivity index (χ1) is 13.1. The highest BCUT2D eigenvalue weighted by molar-refractivity contribution is 8.13. The lowest BCUT2D eigenvalue weighted by atomic mass is 9.88. The molecule has 1 aliphatic carbocycles. The minimum absolute atomic E-state index is 0.00814. The Bertz CT molecular complexity index is 887. The van der Waals surface area contributed by atoms with Crippen LogP contribution in [-0.4, -0.2) is 41.0 Å². The second-order valence-electron chi connectivity index (χ2n) is 7.59. The molecule has 5 nitrogen and oxygen atoms in total. The average Bonchev–Trinajstić information content (AvgIpc) is 2.68. The summed E-state index contributed by atoms with van der Waals surface area (Å²) >= 11 is 1.40.